The lowest BCUT2D eigenvalue weighted by Crippen LogP contribution is -2.14. The van der Waals surface area contributed by atoms with E-state index in [9.17, 15) is 5.11 Å². The van der Waals surface area contributed by atoms with Gasteiger partial charge in [-0.2, -0.15) is 4.98 Å². The van der Waals surface area contributed by atoms with Gasteiger partial charge in [-0.15, -0.1) is 0 Å². The number of ether oxygens (including phenoxy) is 1. The first-order valence-electron chi connectivity index (χ1n) is 5.58. The molecule has 0 amide bonds. The molecule has 0 aliphatic carbocycles. The quantitative estimate of drug-likeness (QED) is 0.827. The van der Waals surface area contributed by atoms with E-state index in [1.54, 1.807) is 13.2 Å². The zero-order valence-electron chi connectivity index (χ0n) is 10.4. The molecule has 4 nitrogen and oxygen atoms in total. The minimum atomic E-state index is -0.348. The van der Waals surface area contributed by atoms with Crippen molar-refractivity contribution in [2.45, 2.75) is 39.7 Å². The first-order chi connectivity index (χ1) is 7.51. The van der Waals surface area contributed by atoms with Crippen LogP contribution in [0.3, 0.4) is 0 Å². The van der Waals surface area contributed by atoms with Crippen LogP contribution in [0.5, 0.6) is 5.88 Å². The predicted molar refractivity (Wildman–Crippen MR) is 62.5 cm³/mol. The van der Waals surface area contributed by atoms with E-state index in [1.165, 1.54) is 0 Å². The van der Waals surface area contributed by atoms with Gasteiger partial charge in [0.2, 0.25) is 5.88 Å². The molecule has 16 heavy (non-hydrogen) atoms. The lowest BCUT2D eigenvalue weighted by Gasteiger charge is -2.13. The van der Waals surface area contributed by atoms with Crippen molar-refractivity contribution >= 4 is 0 Å². The summed E-state index contributed by atoms with van der Waals surface area (Å²) >= 11 is 0. The van der Waals surface area contributed by atoms with Crippen LogP contribution in [-0.4, -0.2) is 28.3 Å². The molecule has 1 unspecified atom stereocenters. The van der Waals surface area contributed by atoms with Crippen LogP contribution >= 0.6 is 0 Å². The van der Waals surface area contributed by atoms with Gasteiger partial charge in [0.25, 0.3) is 0 Å². The topological polar surface area (TPSA) is 55.2 Å². The molecule has 0 aliphatic rings. The van der Waals surface area contributed by atoms with Gasteiger partial charge in [0.05, 0.1) is 18.9 Å². The summed E-state index contributed by atoms with van der Waals surface area (Å²) in [6.45, 7) is 6.00. The molecule has 90 valence electrons. The van der Waals surface area contributed by atoms with E-state index in [1.807, 2.05) is 6.92 Å². The van der Waals surface area contributed by atoms with Crippen molar-refractivity contribution < 1.29 is 9.84 Å². The summed E-state index contributed by atoms with van der Waals surface area (Å²) in [7, 11) is 1.58. The van der Waals surface area contributed by atoms with E-state index in [0.717, 1.165) is 12.1 Å². The van der Waals surface area contributed by atoms with Crippen molar-refractivity contribution in [2.75, 3.05) is 7.11 Å². The van der Waals surface area contributed by atoms with Gasteiger partial charge >= 0.3 is 0 Å². The summed E-state index contributed by atoms with van der Waals surface area (Å²) in [4.78, 5) is 8.38. The van der Waals surface area contributed by atoms with E-state index in [-0.39, 0.29) is 6.10 Å². The van der Waals surface area contributed by atoms with Gasteiger partial charge in [-0.1, -0.05) is 13.8 Å². The third kappa shape index (κ3) is 4.14. The number of nitrogens with zero attached hydrogens (tertiary/aromatic N) is 2. The molecular formula is C12H20N2O2. The van der Waals surface area contributed by atoms with E-state index in [2.05, 4.69) is 23.8 Å². The van der Waals surface area contributed by atoms with Gasteiger partial charge < -0.3 is 9.84 Å². The maximum atomic E-state index is 9.83. The highest BCUT2D eigenvalue weighted by Gasteiger charge is 2.10. The molecule has 0 spiro atoms. The highest BCUT2D eigenvalue weighted by molar-refractivity contribution is 5.16. The molecule has 1 N–H and O–H groups in total. The summed E-state index contributed by atoms with van der Waals surface area (Å²) in [5.41, 5.74) is 0.831. The summed E-state index contributed by atoms with van der Waals surface area (Å²) < 4.78 is 5.07. The fraction of sp³-hybridized carbons (Fsp3) is 0.667. The molecule has 0 bridgehead atoms. The Labute approximate surface area is 96.7 Å². The SMILES string of the molecule is COc1cc(CC(O)CC(C)C)nc(C)n1. The molecule has 0 aliphatic heterocycles. The fourth-order valence-electron chi connectivity index (χ4n) is 1.68. The molecule has 1 atom stereocenters. The van der Waals surface area contributed by atoms with Crippen molar-refractivity contribution in [1.29, 1.82) is 0 Å². The summed E-state index contributed by atoms with van der Waals surface area (Å²) in [6, 6.07) is 1.77. The van der Waals surface area contributed by atoms with Gasteiger partial charge in [-0.3, -0.25) is 0 Å². The number of aromatic nitrogens is 2. The van der Waals surface area contributed by atoms with Crippen LogP contribution in [0.15, 0.2) is 6.07 Å². The van der Waals surface area contributed by atoms with Crippen LogP contribution in [0.1, 0.15) is 31.8 Å². The van der Waals surface area contributed by atoms with Crippen molar-refractivity contribution in [1.82, 2.24) is 9.97 Å². The number of hydrogen-bond donors (Lipinski definition) is 1. The van der Waals surface area contributed by atoms with Crippen LogP contribution < -0.4 is 4.74 Å². The minimum Gasteiger partial charge on any atom is -0.481 e. The lowest BCUT2D eigenvalue weighted by molar-refractivity contribution is 0.148. The Morgan fingerprint density at radius 2 is 2.06 bits per heavy atom. The smallest absolute Gasteiger partial charge is 0.216 e. The van der Waals surface area contributed by atoms with Gasteiger partial charge in [0.15, 0.2) is 0 Å². The Balaban J connectivity index is 2.69. The molecule has 0 saturated carbocycles. The second-order valence-corrected chi connectivity index (χ2v) is 4.44. The average Bonchev–Trinajstić information content (AvgIpc) is 2.14. The number of aliphatic hydroxyl groups excluding tert-OH is 1. The predicted octanol–water partition coefficient (Wildman–Crippen LogP) is 1.74. The van der Waals surface area contributed by atoms with E-state index in [0.29, 0.717) is 24.0 Å². The van der Waals surface area contributed by atoms with E-state index in [4.69, 9.17) is 4.74 Å². The van der Waals surface area contributed by atoms with Gasteiger partial charge in [-0.05, 0) is 19.3 Å². The molecule has 1 heterocycles. The average molecular weight is 224 g/mol. The largest absolute Gasteiger partial charge is 0.481 e. The van der Waals surface area contributed by atoms with Crippen molar-refractivity contribution in [3.8, 4) is 5.88 Å². The monoisotopic (exact) mass is 224 g/mol. The fourth-order valence-corrected chi connectivity index (χ4v) is 1.68. The van der Waals surface area contributed by atoms with Crippen LogP contribution in [0.4, 0.5) is 0 Å². The minimum absolute atomic E-state index is 0.348. The van der Waals surface area contributed by atoms with Crippen LogP contribution in [0.2, 0.25) is 0 Å². The van der Waals surface area contributed by atoms with Crippen molar-refractivity contribution in [3.05, 3.63) is 17.6 Å². The Morgan fingerprint density at radius 1 is 1.38 bits per heavy atom. The Kier molecular flexibility index (Phi) is 4.68. The highest BCUT2D eigenvalue weighted by Crippen LogP contribution is 2.13. The standard InChI is InChI=1S/C12H20N2O2/c1-8(2)5-11(15)6-10-7-12(16-4)14-9(3)13-10/h7-8,11,15H,5-6H2,1-4H3. The summed E-state index contributed by atoms with van der Waals surface area (Å²) in [5, 5.41) is 9.83. The first-order valence-corrected chi connectivity index (χ1v) is 5.58. The number of hydrogen-bond acceptors (Lipinski definition) is 4. The van der Waals surface area contributed by atoms with E-state index < -0.39 is 0 Å². The molecule has 0 saturated heterocycles. The van der Waals surface area contributed by atoms with E-state index >= 15 is 0 Å². The van der Waals surface area contributed by atoms with Gasteiger partial charge in [0.1, 0.15) is 5.82 Å². The number of methoxy groups -OCH3 is 1. The number of rotatable bonds is 5. The molecule has 0 radical (unpaired) electrons. The maximum Gasteiger partial charge on any atom is 0.216 e. The zero-order chi connectivity index (χ0) is 12.1. The molecule has 4 heteroatoms. The second kappa shape index (κ2) is 5.80. The van der Waals surface area contributed by atoms with Crippen molar-refractivity contribution in [3.63, 3.8) is 0 Å². The summed E-state index contributed by atoms with van der Waals surface area (Å²) in [6.07, 6.45) is 0.988. The highest BCUT2D eigenvalue weighted by atomic mass is 16.5. The molecule has 1 aromatic heterocycles. The van der Waals surface area contributed by atoms with Gasteiger partial charge in [-0.25, -0.2) is 4.98 Å². The first kappa shape index (κ1) is 12.9. The Morgan fingerprint density at radius 3 is 2.62 bits per heavy atom. The van der Waals surface area contributed by atoms with Gasteiger partial charge in [0, 0.05) is 12.5 Å². The Hall–Kier alpha value is -1.16. The normalized spacial score (nSPS) is 12.9. The molecule has 0 fully saturated rings. The number of aryl methyl sites for hydroxylation is 1. The molecule has 0 aromatic carbocycles. The molecule has 1 rings (SSSR count). The molecular weight excluding hydrogens is 204 g/mol. The van der Waals surface area contributed by atoms with Crippen molar-refractivity contribution in [2.24, 2.45) is 5.92 Å². The summed E-state index contributed by atoms with van der Waals surface area (Å²) in [5.74, 6) is 1.71. The third-order valence-electron chi connectivity index (χ3n) is 2.26. The Bertz CT molecular complexity index is 340. The maximum absolute atomic E-state index is 9.83. The van der Waals surface area contributed by atoms with Crippen LogP contribution in [0.25, 0.3) is 0 Å². The second-order valence-electron chi connectivity index (χ2n) is 4.44. The number of aliphatic hydroxyl groups is 1. The third-order valence-corrected chi connectivity index (χ3v) is 2.26. The zero-order valence-corrected chi connectivity index (χ0v) is 10.4. The van der Waals surface area contributed by atoms with Crippen LogP contribution in [-0.2, 0) is 6.42 Å². The molecule has 1 aromatic rings. The lowest BCUT2D eigenvalue weighted by atomic mass is 10.0. The van der Waals surface area contributed by atoms with Crippen LogP contribution in [0, 0.1) is 12.8 Å².